The van der Waals surface area contributed by atoms with Crippen LogP contribution in [-0.2, 0) is 10.8 Å². The summed E-state index contributed by atoms with van der Waals surface area (Å²) in [6, 6.07) is 82.8. The van der Waals surface area contributed by atoms with Crippen LogP contribution >= 0.6 is 0 Å². The van der Waals surface area contributed by atoms with Crippen LogP contribution in [-0.4, -0.2) is 0 Å². The fourth-order valence-corrected chi connectivity index (χ4v) is 10.2. The van der Waals surface area contributed by atoms with Crippen LogP contribution in [0.15, 0.2) is 224 Å². The Labute approximate surface area is 347 Å². The van der Waals surface area contributed by atoms with Gasteiger partial charge in [-0.15, -0.1) is 0 Å². The number of rotatable bonds is 6. The second-order valence-electron chi connectivity index (χ2n) is 16.5. The lowest BCUT2D eigenvalue weighted by atomic mass is 9.55. The molecule has 11 rings (SSSR count). The Hall–Kier alpha value is -7.22. The fraction of sp³-hybridized carbons (Fsp3) is 0.0690. The molecule has 0 fully saturated rings. The summed E-state index contributed by atoms with van der Waals surface area (Å²) in [7, 11) is 0. The van der Waals surface area contributed by atoms with Gasteiger partial charge >= 0.3 is 0 Å². The molecule has 0 aromatic heterocycles. The van der Waals surface area contributed by atoms with Gasteiger partial charge in [-0.05, 0) is 120 Å². The standard InChI is InChI=1S/C58H43N/c1-57(2)52-27-11-13-29-54(52)58(55-30-14-12-28-53(55)57)51-26-10-9-25-49(51)50-36-35-45(39-56(50)58)44-20-16-24-48(38-44)59(46-21-7-4-8-22-46)47-23-15-19-43(37-47)42-33-31-41(32-34-42)40-17-5-3-6-18-40/h3-39H,1-2H3. The minimum atomic E-state index is -0.432. The number of fused-ring (bicyclic) bond motifs is 9. The summed E-state index contributed by atoms with van der Waals surface area (Å²) in [5.74, 6) is 0. The average Bonchev–Trinajstić information content (AvgIpc) is 3.60. The lowest BCUT2D eigenvalue weighted by Crippen LogP contribution is -2.40. The van der Waals surface area contributed by atoms with Crippen molar-refractivity contribution in [3.8, 4) is 44.5 Å². The molecule has 0 saturated heterocycles. The highest BCUT2D eigenvalue weighted by atomic mass is 15.1. The molecule has 0 amide bonds. The molecule has 0 aliphatic heterocycles. The van der Waals surface area contributed by atoms with E-state index in [4.69, 9.17) is 0 Å². The van der Waals surface area contributed by atoms with E-state index in [1.807, 2.05) is 0 Å². The average molecular weight is 754 g/mol. The molecule has 9 aromatic carbocycles. The van der Waals surface area contributed by atoms with Crippen molar-refractivity contribution in [2.75, 3.05) is 4.90 Å². The van der Waals surface area contributed by atoms with Crippen LogP contribution in [0.5, 0.6) is 0 Å². The number of benzene rings is 9. The Morgan fingerprint density at radius 3 is 1.27 bits per heavy atom. The number of nitrogens with zero attached hydrogens (tertiary/aromatic N) is 1. The van der Waals surface area contributed by atoms with Gasteiger partial charge in [0.05, 0.1) is 5.41 Å². The van der Waals surface area contributed by atoms with Crippen molar-refractivity contribution in [2.45, 2.75) is 24.7 Å². The summed E-state index contributed by atoms with van der Waals surface area (Å²) in [4.78, 5) is 2.38. The quantitative estimate of drug-likeness (QED) is 0.163. The zero-order valence-corrected chi connectivity index (χ0v) is 33.3. The first-order valence-electron chi connectivity index (χ1n) is 20.7. The molecule has 0 radical (unpaired) electrons. The van der Waals surface area contributed by atoms with Crippen LogP contribution in [0.4, 0.5) is 17.1 Å². The van der Waals surface area contributed by atoms with Gasteiger partial charge in [-0.1, -0.05) is 196 Å². The molecule has 9 aromatic rings. The van der Waals surface area contributed by atoms with E-state index in [9.17, 15) is 0 Å². The van der Waals surface area contributed by atoms with E-state index in [0.717, 1.165) is 17.1 Å². The molecule has 0 N–H and O–H groups in total. The van der Waals surface area contributed by atoms with Crippen LogP contribution in [0.1, 0.15) is 47.2 Å². The minimum Gasteiger partial charge on any atom is -0.310 e. The van der Waals surface area contributed by atoms with E-state index < -0.39 is 5.41 Å². The van der Waals surface area contributed by atoms with E-state index in [2.05, 4.69) is 243 Å². The molecular formula is C58H43N. The van der Waals surface area contributed by atoms with Crippen LogP contribution in [0.25, 0.3) is 44.5 Å². The maximum atomic E-state index is 2.49. The molecule has 2 aliphatic rings. The van der Waals surface area contributed by atoms with Crippen LogP contribution in [0, 0.1) is 0 Å². The first-order chi connectivity index (χ1) is 29.0. The van der Waals surface area contributed by atoms with Gasteiger partial charge in [0.2, 0.25) is 0 Å². The zero-order valence-electron chi connectivity index (χ0n) is 33.3. The van der Waals surface area contributed by atoms with Gasteiger partial charge < -0.3 is 4.90 Å². The monoisotopic (exact) mass is 753 g/mol. The van der Waals surface area contributed by atoms with Gasteiger partial charge in [-0.2, -0.15) is 0 Å². The van der Waals surface area contributed by atoms with Gasteiger partial charge in [0.15, 0.2) is 0 Å². The Bertz CT molecular complexity index is 2960. The lowest BCUT2D eigenvalue weighted by Gasteiger charge is -2.46. The van der Waals surface area contributed by atoms with E-state index in [-0.39, 0.29) is 5.41 Å². The Morgan fingerprint density at radius 1 is 0.271 bits per heavy atom. The van der Waals surface area contributed by atoms with Gasteiger partial charge in [0.1, 0.15) is 0 Å². The van der Waals surface area contributed by atoms with Gasteiger partial charge in [0.25, 0.3) is 0 Å². The van der Waals surface area contributed by atoms with Crippen molar-refractivity contribution < 1.29 is 0 Å². The smallest absolute Gasteiger partial charge is 0.0719 e. The number of hydrogen-bond donors (Lipinski definition) is 0. The van der Waals surface area contributed by atoms with Gasteiger partial charge in [0, 0.05) is 22.5 Å². The first kappa shape index (κ1) is 35.0. The Morgan fingerprint density at radius 2 is 0.661 bits per heavy atom. The molecular weight excluding hydrogens is 711 g/mol. The highest BCUT2D eigenvalue weighted by Crippen LogP contribution is 2.62. The SMILES string of the molecule is CC1(C)c2ccccc2C2(c3ccccc3-c3ccc(-c4cccc(N(c5ccccc5)c5cccc(-c6ccc(-c7ccccc7)cc6)c5)c4)cc32)c2ccccc21. The third-order valence-corrected chi connectivity index (χ3v) is 12.9. The summed E-state index contributed by atoms with van der Waals surface area (Å²) in [5.41, 5.74) is 20.9. The third kappa shape index (κ3) is 5.46. The van der Waals surface area contributed by atoms with Gasteiger partial charge in [-0.3, -0.25) is 0 Å². The molecule has 59 heavy (non-hydrogen) atoms. The Balaban J connectivity index is 1.04. The van der Waals surface area contributed by atoms with Crippen molar-refractivity contribution in [1.29, 1.82) is 0 Å². The molecule has 1 nitrogen and oxygen atoms in total. The van der Waals surface area contributed by atoms with E-state index in [1.165, 1.54) is 77.9 Å². The maximum absolute atomic E-state index is 2.49. The molecule has 1 heteroatoms. The molecule has 2 aliphatic carbocycles. The summed E-state index contributed by atoms with van der Waals surface area (Å²) in [5, 5.41) is 0. The summed E-state index contributed by atoms with van der Waals surface area (Å²) in [6.07, 6.45) is 0. The second kappa shape index (κ2) is 13.7. The number of hydrogen-bond acceptors (Lipinski definition) is 1. The first-order valence-corrected chi connectivity index (χ1v) is 20.7. The van der Waals surface area contributed by atoms with E-state index in [1.54, 1.807) is 0 Å². The molecule has 0 saturated carbocycles. The molecule has 0 unspecified atom stereocenters. The maximum Gasteiger partial charge on any atom is 0.0719 e. The van der Waals surface area contributed by atoms with Crippen LogP contribution < -0.4 is 4.90 Å². The zero-order chi connectivity index (χ0) is 39.6. The largest absolute Gasteiger partial charge is 0.310 e. The highest BCUT2D eigenvalue weighted by molar-refractivity contribution is 5.91. The molecule has 280 valence electrons. The third-order valence-electron chi connectivity index (χ3n) is 12.9. The minimum absolute atomic E-state index is 0.133. The van der Waals surface area contributed by atoms with Crippen molar-refractivity contribution in [1.82, 2.24) is 0 Å². The summed E-state index contributed by atoms with van der Waals surface area (Å²) in [6.45, 7) is 4.77. The van der Waals surface area contributed by atoms with Crippen molar-refractivity contribution in [3.05, 3.63) is 258 Å². The lowest BCUT2D eigenvalue weighted by molar-refractivity contribution is 0.563. The second-order valence-corrected chi connectivity index (χ2v) is 16.5. The number of para-hydroxylation sites is 1. The highest BCUT2D eigenvalue weighted by Gasteiger charge is 2.53. The normalized spacial score (nSPS) is 13.9. The summed E-state index contributed by atoms with van der Waals surface area (Å²) >= 11 is 0. The molecule has 1 spiro atoms. The van der Waals surface area contributed by atoms with Crippen molar-refractivity contribution in [3.63, 3.8) is 0 Å². The predicted octanol–water partition coefficient (Wildman–Crippen LogP) is 15.2. The van der Waals surface area contributed by atoms with Gasteiger partial charge in [-0.25, -0.2) is 0 Å². The molecule has 0 heterocycles. The van der Waals surface area contributed by atoms with Crippen molar-refractivity contribution >= 4 is 17.1 Å². The van der Waals surface area contributed by atoms with Crippen LogP contribution in [0.2, 0.25) is 0 Å². The summed E-state index contributed by atoms with van der Waals surface area (Å²) < 4.78 is 0. The Kier molecular flexibility index (Phi) is 8.13. The topological polar surface area (TPSA) is 3.24 Å². The molecule has 0 atom stereocenters. The van der Waals surface area contributed by atoms with E-state index in [0.29, 0.717) is 0 Å². The predicted molar refractivity (Wildman–Crippen MR) is 247 cm³/mol. The fourth-order valence-electron chi connectivity index (χ4n) is 10.2. The van der Waals surface area contributed by atoms with E-state index >= 15 is 0 Å². The van der Waals surface area contributed by atoms with Crippen molar-refractivity contribution in [2.24, 2.45) is 0 Å². The molecule has 0 bridgehead atoms. The van der Waals surface area contributed by atoms with Crippen LogP contribution in [0.3, 0.4) is 0 Å². The number of anilines is 3.